The first kappa shape index (κ1) is 19.9. The molecular formula is C27H27N3. The quantitative estimate of drug-likeness (QED) is 0.322. The van der Waals surface area contributed by atoms with Crippen molar-refractivity contribution in [3.8, 4) is 11.1 Å². The van der Waals surface area contributed by atoms with Gasteiger partial charge in [-0.2, -0.15) is 0 Å². The van der Waals surface area contributed by atoms with E-state index in [-0.39, 0.29) is 6.17 Å². The van der Waals surface area contributed by atoms with Gasteiger partial charge < -0.3 is 5.32 Å². The van der Waals surface area contributed by atoms with Crippen molar-refractivity contribution in [1.29, 1.82) is 0 Å². The van der Waals surface area contributed by atoms with E-state index in [9.17, 15) is 0 Å². The molecule has 4 rings (SSSR count). The molecule has 0 radical (unpaired) electrons. The molecule has 0 bridgehead atoms. The highest BCUT2D eigenvalue weighted by atomic mass is 15.1. The van der Waals surface area contributed by atoms with Crippen molar-refractivity contribution in [2.75, 3.05) is 13.6 Å². The number of rotatable bonds is 6. The van der Waals surface area contributed by atoms with Gasteiger partial charge in [-0.05, 0) is 46.1 Å². The van der Waals surface area contributed by atoms with Crippen LogP contribution in [0.5, 0.6) is 0 Å². The van der Waals surface area contributed by atoms with Crippen molar-refractivity contribution in [3.63, 3.8) is 0 Å². The van der Waals surface area contributed by atoms with Crippen molar-refractivity contribution in [1.82, 2.24) is 10.6 Å². The van der Waals surface area contributed by atoms with Crippen molar-refractivity contribution in [2.45, 2.75) is 13.1 Å². The highest BCUT2D eigenvalue weighted by Crippen LogP contribution is 2.24. The summed E-state index contributed by atoms with van der Waals surface area (Å²) in [5.41, 5.74) is 4.63. The van der Waals surface area contributed by atoms with Crippen LogP contribution in [-0.2, 0) is 0 Å². The van der Waals surface area contributed by atoms with Gasteiger partial charge in [0.25, 0.3) is 0 Å². The van der Waals surface area contributed by atoms with Crippen LogP contribution in [0.25, 0.3) is 21.9 Å². The Morgan fingerprint density at radius 2 is 1.50 bits per heavy atom. The second kappa shape index (κ2) is 9.38. The summed E-state index contributed by atoms with van der Waals surface area (Å²) in [5, 5.41) is 9.26. The topological polar surface area (TPSA) is 36.4 Å². The first-order valence-corrected chi connectivity index (χ1v) is 10.4. The zero-order valence-electron chi connectivity index (χ0n) is 17.5. The van der Waals surface area contributed by atoms with Gasteiger partial charge in [-0.1, -0.05) is 91.9 Å². The van der Waals surface area contributed by atoms with E-state index >= 15 is 0 Å². The fraction of sp³-hybridized carbons (Fsp3) is 0.148. The maximum absolute atomic E-state index is 5.06. The van der Waals surface area contributed by atoms with Gasteiger partial charge >= 0.3 is 0 Å². The molecule has 0 saturated carbocycles. The molecule has 150 valence electrons. The summed E-state index contributed by atoms with van der Waals surface area (Å²) in [5.74, 6) is 0.872. The van der Waals surface area contributed by atoms with E-state index in [1.165, 1.54) is 21.9 Å². The number of amidine groups is 1. The van der Waals surface area contributed by atoms with Crippen molar-refractivity contribution in [3.05, 3.63) is 108 Å². The molecule has 0 heterocycles. The Bertz CT molecular complexity index is 1150. The molecule has 0 saturated heterocycles. The number of nitrogens with one attached hydrogen (secondary N) is 2. The van der Waals surface area contributed by atoms with Gasteiger partial charge in [-0.3, -0.25) is 5.32 Å². The predicted octanol–water partition coefficient (Wildman–Crippen LogP) is 5.78. The number of benzene rings is 4. The van der Waals surface area contributed by atoms with Crippen LogP contribution in [0.3, 0.4) is 0 Å². The average Bonchev–Trinajstić information content (AvgIpc) is 2.82. The van der Waals surface area contributed by atoms with E-state index in [2.05, 4.69) is 109 Å². The van der Waals surface area contributed by atoms with Crippen LogP contribution in [0.1, 0.15) is 24.2 Å². The molecule has 4 aromatic carbocycles. The molecule has 2 N–H and O–H groups in total. The minimum Gasteiger partial charge on any atom is -0.373 e. The Kier molecular flexibility index (Phi) is 6.21. The SMILES string of the molecule is CCNC(/N=C(\NC)c1ccc2ccccc2c1)c1cccc(-c2ccccc2)c1. The van der Waals surface area contributed by atoms with Gasteiger partial charge in [0, 0.05) is 12.6 Å². The summed E-state index contributed by atoms with van der Waals surface area (Å²) in [4.78, 5) is 5.06. The third-order valence-electron chi connectivity index (χ3n) is 5.22. The molecule has 0 fully saturated rings. The molecule has 0 spiro atoms. The Hall–Kier alpha value is -3.43. The molecule has 1 unspecified atom stereocenters. The van der Waals surface area contributed by atoms with Crippen molar-refractivity contribution in [2.24, 2.45) is 4.99 Å². The average molecular weight is 394 g/mol. The monoisotopic (exact) mass is 393 g/mol. The Balaban J connectivity index is 1.71. The van der Waals surface area contributed by atoms with E-state index in [1.54, 1.807) is 0 Å². The molecule has 4 aromatic rings. The number of aliphatic imine (C=N–C) groups is 1. The normalized spacial score (nSPS) is 12.7. The molecule has 3 nitrogen and oxygen atoms in total. The molecule has 0 aromatic heterocycles. The van der Waals surface area contributed by atoms with Gasteiger partial charge in [0.15, 0.2) is 0 Å². The van der Waals surface area contributed by atoms with E-state index in [0.717, 1.165) is 23.5 Å². The molecule has 0 aliphatic rings. The second-order valence-corrected chi connectivity index (χ2v) is 7.24. The summed E-state index contributed by atoms with van der Waals surface area (Å²) < 4.78 is 0. The minimum atomic E-state index is -0.132. The third-order valence-corrected chi connectivity index (χ3v) is 5.22. The fourth-order valence-corrected chi connectivity index (χ4v) is 3.70. The molecular weight excluding hydrogens is 366 g/mol. The van der Waals surface area contributed by atoms with Gasteiger partial charge in [0.05, 0.1) is 0 Å². The van der Waals surface area contributed by atoms with Crippen LogP contribution in [0.4, 0.5) is 0 Å². The van der Waals surface area contributed by atoms with Crippen LogP contribution < -0.4 is 10.6 Å². The molecule has 30 heavy (non-hydrogen) atoms. The first-order valence-electron chi connectivity index (χ1n) is 10.4. The summed E-state index contributed by atoms with van der Waals surface area (Å²) in [6.07, 6.45) is -0.132. The van der Waals surface area contributed by atoms with Gasteiger partial charge in [-0.25, -0.2) is 4.99 Å². The summed E-state index contributed by atoms with van der Waals surface area (Å²) >= 11 is 0. The Morgan fingerprint density at radius 3 is 2.27 bits per heavy atom. The lowest BCUT2D eigenvalue weighted by Crippen LogP contribution is -2.26. The largest absolute Gasteiger partial charge is 0.373 e. The zero-order valence-corrected chi connectivity index (χ0v) is 17.5. The van der Waals surface area contributed by atoms with Gasteiger partial charge in [0.1, 0.15) is 12.0 Å². The molecule has 0 aliphatic heterocycles. The second-order valence-electron chi connectivity index (χ2n) is 7.24. The van der Waals surface area contributed by atoms with Gasteiger partial charge in [-0.15, -0.1) is 0 Å². The number of fused-ring (bicyclic) bond motifs is 1. The van der Waals surface area contributed by atoms with Crippen molar-refractivity contribution < 1.29 is 0 Å². The lowest BCUT2D eigenvalue weighted by Gasteiger charge is -2.18. The summed E-state index contributed by atoms with van der Waals surface area (Å²) in [7, 11) is 1.93. The minimum absolute atomic E-state index is 0.132. The lowest BCUT2D eigenvalue weighted by atomic mass is 10.0. The smallest absolute Gasteiger partial charge is 0.130 e. The van der Waals surface area contributed by atoms with Crippen LogP contribution in [0.2, 0.25) is 0 Å². The predicted molar refractivity (Wildman–Crippen MR) is 128 cm³/mol. The van der Waals surface area contributed by atoms with E-state index in [4.69, 9.17) is 4.99 Å². The lowest BCUT2D eigenvalue weighted by molar-refractivity contribution is 0.574. The van der Waals surface area contributed by atoms with E-state index < -0.39 is 0 Å². The summed E-state index contributed by atoms with van der Waals surface area (Å²) in [6.45, 7) is 2.94. The standard InChI is InChI=1S/C27H27N3/c1-3-29-27(24-15-9-14-23(18-24)20-10-5-4-6-11-20)30-26(28-2)25-17-16-21-12-7-8-13-22(21)19-25/h4-19,27,29H,3H2,1-2H3,(H,28,30). The maximum atomic E-state index is 5.06. The van der Waals surface area contributed by atoms with Crippen LogP contribution in [0.15, 0.2) is 102 Å². The number of nitrogens with zero attached hydrogens (tertiary/aromatic N) is 1. The van der Waals surface area contributed by atoms with Crippen LogP contribution >= 0.6 is 0 Å². The zero-order chi connectivity index (χ0) is 20.8. The number of hydrogen-bond acceptors (Lipinski definition) is 2. The van der Waals surface area contributed by atoms with Crippen LogP contribution in [-0.4, -0.2) is 19.4 Å². The van der Waals surface area contributed by atoms with E-state index in [0.29, 0.717) is 0 Å². The molecule has 0 amide bonds. The third kappa shape index (κ3) is 4.42. The maximum Gasteiger partial charge on any atom is 0.130 e. The summed E-state index contributed by atoms with van der Waals surface area (Å²) in [6, 6.07) is 33.9. The molecule has 1 atom stereocenters. The highest BCUT2D eigenvalue weighted by molar-refractivity contribution is 6.02. The van der Waals surface area contributed by atoms with Crippen LogP contribution in [0, 0.1) is 0 Å². The fourth-order valence-electron chi connectivity index (χ4n) is 3.70. The Morgan fingerprint density at radius 1 is 0.767 bits per heavy atom. The Labute approximate surface area is 178 Å². The number of hydrogen-bond donors (Lipinski definition) is 2. The highest BCUT2D eigenvalue weighted by Gasteiger charge is 2.12. The van der Waals surface area contributed by atoms with Gasteiger partial charge in [0.2, 0.25) is 0 Å². The first-order chi connectivity index (χ1) is 14.8. The van der Waals surface area contributed by atoms with Crippen molar-refractivity contribution >= 4 is 16.6 Å². The molecule has 0 aliphatic carbocycles. The van der Waals surface area contributed by atoms with E-state index in [1.807, 2.05) is 13.1 Å². The molecule has 3 heteroatoms.